The van der Waals surface area contributed by atoms with Crippen molar-refractivity contribution in [2.24, 2.45) is 5.73 Å². The van der Waals surface area contributed by atoms with Gasteiger partial charge in [0.1, 0.15) is 6.33 Å². The Balaban J connectivity index is 1.79. The number of carbonyl (C=O) groups excluding carboxylic acids is 2. The number of morpholine rings is 1. The number of hydrogen-bond acceptors (Lipinski definition) is 5. The highest BCUT2D eigenvalue weighted by molar-refractivity contribution is 5.96. The minimum Gasteiger partial charge on any atom is -0.372 e. The molecule has 3 heterocycles. The molecule has 1 aliphatic rings. The number of aromatic nitrogens is 3. The quantitative estimate of drug-likeness (QED) is 0.878. The standard InChI is InChI=1S/C18H25N5O3/c1-10-7-22(8-11(2)26-10)15(24)6-5-14-12(3)21-18-16(17(19)25)20-9-23(18)13(14)4/h9-11H,5-8H2,1-4H3,(H2,19,25). The van der Waals surface area contributed by atoms with Gasteiger partial charge in [-0.3, -0.25) is 14.0 Å². The Morgan fingerprint density at radius 2 is 1.92 bits per heavy atom. The van der Waals surface area contributed by atoms with Gasteiger partial charge in [-0.05, 0) is 39.7 Å². The van der Waals surface area contributed by atoms with E-state index < -0.39 is 5.91 Å². The lowest BCUT2D eigenvalue weighted by Gasteiger charge is -2.35. The summed E-state index contributed by atoms with van der Waals surface area (Å²) in [5.74, 6) is -0.480. The van der Waals surface area contributed by atoms with Crippen LogP contribution in [0.1, 0.15) is 47.7 Å². The Kier molecular flexibility index (Phi) is 4.95. The van der Waals surface area contributed by atoms with Crippen molar-refractivity contribution in [2.75, 3.05) is 13.1 Å². The average Bonchev–Trinajstić information content (AvgIpc) is 2.97. The minimum atomic E-state index is -0.600. The molecule has 2 aromatic rings. The Hall–Kier alpha value is -2.48. The van der Waals surface area contributed by atoms with E-state index in [4.69, 9.17) is 10.5 Å². The molecule has 8 nitrogen and oxygen atoms in total. The Labute approximate surface area is 152 Å². The van der Waals surface area contributed by atoms with E-state index in [9.17, 15) is 9.59 Å². The van der Waals surface area contributed by atoms with Gasteiger partial charge in [0.05, 0.1) is 12.2 Å². The lowest BCUT2D eigenvalue weighted by Crippen LogP contribution is -2.48. The van der Waals surface area contributed by atoms with E-state index in [1.54, 1.807) is 10.7 Å². The summed E-state index contributed by atoms with van der Waals surface area (Å²) in [5.41, 5.74) is 8.67. The fourth-order valence-corrected chi connectivity index (χ4v) is 3.63. The molecule has 2 aromatic heterocycles. The number of nitrogens with zero attached hydrogens (tertiary/aromatic N) is 4. The van der Waals surface area contributed by atoms with Crippen LogP contribution in [0, 0.1) is 13.8 Å². The van der Waals surface area contributed by atoms with Crippen LogP contribution in [0.5, 0.6) is 0 Å². The number of imidazole rings is 1. The fraction of sp³-hybridized carbons (Fsp3) is 0.556. The van der Waals surface area contributed by atoms with Gasteiger partial charge < -0.3 is 15.4 Å². The molecule has 3 rings (SSSR count). The molecule has 8 heteroatoms. The molecule has 1 saturated heterocycles. The van der Waals surface area contributed by atoms with Crippen LogP contribution in [0.4, 0.5) is 0 Å². The maximum atomic E-state index is 12.6. The van der Waals surface area contributed by atoms with Gasteiger partial charge in [0, 0.05) is 30.9 Å². The second-order valence-corrected chi connectivity index (χ2v) is 6.97. The highest BCUT2D eigenvalue weighted by atomic mass is 16.5. The molecule has 0 aliphatic carbocycles. The van der Waals surface area contributed by atoms with E-state index in [1.165, 1.54) is 0 Å². The highest BCUT2D eigenvalue weighted by Crippen LogP contribution is 2.19. The van der Waals surface area contributed by atoms with Crippen molar-refractivity contribution in [3.8, 4) is 0 Å². The number of amides is 2. The van der Waals surface area contributed by atoms with Crippen molar-refractivity contribution in [1.29, 1.82) is 0 Å². The maximum Gasteiger partial charge on any atom is 0.271 e. The van der Waals surface area contributed by atoms with Gasteiger partial charge >= 0.3 is 0 Å². The van der Waals surface area contributed by atoms with Crippen LogP contribution in [0.25, 0.3) is 5.65 Å². The smallest absolute Gasteiger partial charge is 0.271 e. The molecule has 0 aromatic carbocycles. The van der Waals surface area contributed by atoms with Gasteiger partial charge in [0.2, 0.25) is 5.91 Å². The summed E-state index contributed by atoms with van der Waals surface area (Å²) in [4.78, 5) is 34.5. The largest absolute Gasteiger partial charge is 0.372 e. The summed E-state index contributed by atoms with van der Waals surface area (Å²) in [7, 11) is 0. The number of hydrogen-bond donors (Lipinski definition) is 1. The van der Waals surface area contributed by atoms with E-state index in [-0.39, 0.29) is 23.8 Å². The monoisotopic (exact) mass is 359 g/mol. The normalized spacial score (nSPS) is 20.5. The lowest BCUT2D eigenvalue weighted by molar-refractivity contribution is -0.143. The van der Waals surface area contributed by atoms with Crippen LogP contribution in [-0.2, 0) is 16.0 Å². The predicted octanol–water partition coefficient (Wildman–Crippen LogP) is 1.01. The molecular formula is C18H25N5O3. The van der Waals surface area contributed by atoms with Crippen molar-refractivity contribution in [3.63, 3.8) is 0 Å². The number of primary amides is 1. The van der Waals surface area contributed by atoms with Crippen LogP contribution < -0.4 is 5.73 Å². The Morgan fingerprint density at radius 1 is 1.27 bits per heavy atom. The second-order valence-electron chi connectivity index (χ2n) is 6.97. The van der Waals surface area contributed by atoms with E-state index in [0.717, 1.165) is 17.0 Å². The number of fused-ring (bicyclic) bond motifs is 1. The zero-order valence-electron chi connectivity index (χ0n) is 15.7. The summed E-state index contributed by atoms with van der Waals surface area (Å²) in [5, 5.41) is 0. The van der Waals surface area contributed by atoms with Crippen molar-refractivity contribution in [3.05, 3.63) is 29.0 Å². The molecular weight excluding hydrogens is 334 g/mol. The highest BCUT2D eigenvalue weighted by Gasteiger charge is 2.26. The summed E-state index contributed by atoms with van der Waals surface area (Å²) >= 11 is 0. The number of rotatable bonds is 4. The van der Waals surface area contributed by atoms with Crippen LogP contribution in [0.15, 0.2) is 6.33 Å². The first-order valence-corrected chi connectivity index (χ1v) is 8.84. The van der Waals surface area contributed by atoms with E-state index in [0.29, 0.717) is 31.6 Å². The fourth-order valence-electron chi connectivity index (χ4n) is 3.63. The van der Waals surface area contributed by atoms with Gasteiger partial charge in [-0.1, -0.05) is 0 Å². The number of carbonyl (C=O) groups is 2. The summed E-state index contributed by atoms with van der Waals surface area (Å²) in [6.07, 6.45) is 2.66. The molecule has 0 saturated carbocycles. The Bertz CT molecular complexity index is 850. The zero-order chi connectivity index (χ0) is 19.0. The van der Waals surface area contributed by atoms with Gasteiger partial charge in [0.25, 0.3) is 5.91 Å². The minimum absolute atomic E-state index is 0.0577. The third kappa shape index (κ3) is 3.41. The molecule has 1 fully saturated rings. The van der Waals surface area contributed by atoms with Crippen LogP contribution in [0.2, 0.25) is 0 Å². The number of ether oxygens (including phenoxy) is 1. The second kappa shape index (κ2) is 7.03. The van der Waals surface area contributed by atoms with Crippen molar-refractivity contribution >= 4 is 17.5 Å². The Morgan fingerprint density at radius 3 is 2.54 bits per heavy atom. The van der Waals surface area contributed by atoms with Gasteiger partial charge in [-0.15, -0.1) is 0 Å². The molecule has 2 N–H and O–H groups in total. The van der Waals surface area contributed by atoms with E-state index >= 15 is 0 Å². The summed E-state index contributed by atoms with van der Waals surface area (Å²) in [6, 6.07) is 0. The molecule has 2 unspecified atom stereocenters. The first-order valence-electron chi connectivity index (χ1n) is 8.84. The number of nitrogens with two attached hydrogens (primary N) is 1. The lowest BCUT2D eigenvalue weighted by atomic mass is 10.1. The van der Waals surface area contributed by atoms with Gasteiger partial charge in [-0.2, -0.15) is 0 Å². The van der Waals surface area contributed by atoms with Crippen LogP contribution >= 0.6 is 0 Å². The van der Waals surface area contributed by atoms with E-state index in [2.05, 4.69) is 9.97 Å². The van der Waals surface area contributed by atoms with Crippen LogP contribution in [-0.4, -0.2) is 56.4 Å². The van der Waals surface area contributed by atoms with Crippen molar-refractivity contribution < 1.29 is 14.3 Å². The first-order chi connectivity index (χ1) is 12.3. The number of aryl methyl sites for hydroxylation is 2. The molecule has 2 atom stereocenters. The summed E-state index contributed by atoms with van der Waals surface area (Å²) < 4.78 is 7.44. The zero-order valence-corrected chi connectivity index (χ0v) is 15.7. The molecule has 2 amide bonds. The third-order valence-electron chi connectivity index (χ3n) is 4.85. The molecule has 1 aliphatic heterocycles. The topological polar surface area (TPSA) is 103 Å². The third-order valence-corrected chi connectivity index (χ3v) is 4.85. The molecule has 140 valence electrons. The van der Waals surface area contributed by atoms with Gasteiger partial charge in [0.15, 0.2) is 11.3 Å². The SMILES string of the molecule is Cc1nc2c(C(N)=O)ncn2c(C)c1CCC(=O)N1CC(C)OC(C)C1. The average molecular weight is 359 g/mol. The molecule has 0 bridgehead atoms. The summed E-state index contributed by atoms with van der Waals surface area (Å²) in [6.45, 7) is 9.04. The van der Waals surface area contributed by atoms with Crippen LogP contribution in [0.3, 0.4) is 0 Å². The molecule has 0 spiro atoms. The van der Waals surface area contributed by atoms with Crippen molar-refractivity contribution in [2.45, 2.75) is 52.7 Å². The molecule has 0 radical (unpaired) electrons. The van der Waals surface area contributed by atoms with E-state index in [1.807, 2.05) is 32.6 Å². The first kappa shape index (κ1) is 18.3. The van der Waals surface area contributed by atoms with Crippen molar-refractivity contribution in [1.82, 2.24) is 19.3 Å². The maximum absolute atomic E-state index is 12.6. The predicted molar refractivity (Wildman–Crippen MR) is 95.9 cm³/mol. The van der Waals surface area contributed by atoms with Gasteiger partial charge in [-0.25, -0.2) is 9.97 Å². The molecule has 26 heavy (non-hydrogen) atoms.